The average molecular weight is 370 g/mol. The van der Waals surface area contributed by atoms with Crippen LogP contribution < -0.4 is 5.32 Å². The molecular weight excluding hydrogens is 352 g/mol. The van der Waals surface area contributed by atoms with Crippen LogP contribution in [0.2, 0.25) is 0 Å². The lowest BCUT2D eigenvalue weighted by Crippen LogP contribution is -2.37. The minimum absolute atomic E-state index is 0.0287. The Morgan fingerprint density at radius 1 is 1.04 bits per heavy atom. The Labute approximate surface area is 151 Å². The van der Waals surface area contributed by atoms with Gasteiger partial charge < -0.3 is 5.32 Å². The van der Waals surface area contributed by atoms with Crippen molar-refractivity contribution >= 4 is 32.5 Å². The van der Waals surface area contributed by atoms with Crippen molar-refractivity contribution in [2.24, 2.45) is 0 Å². The molecule has 8 heteroatoms. The molecule has 1 N–H and O–H groups in total. The molecule has 2 aromatic heterocycles. The number of rotatable bonds is 6. The first-order chi connectivity index (χ1) is 12.4. The van der Waals surface area contributed by atoms with E-state index >= 15 is 0 Å². The first-order valence-electron chi connectivity index (χ1n) is 7.92. The maximum absolute atomic E-state index is 12.4. The molecule has 0 radical (unpaired) electrons. The second kappa shape index (κ2) is 7.59. The van der Waals surface area contributed by atoms with E-state index in [1.807, 2.05) is 24.3 Å². The van der Waals surface area contributed by atoms with Crippen LogP contribution in [-0.4, -0.2) is 41.4 Å². The van der Waals surface area contributed by atoms with Gasteiger partial charge >= 0.3 is 0 Å². The third kappa shape index (κ3) is 4.41. The number of aromatic nitrogens is 2. The maximum atomic E-state index is 12.4. The summed E-state index contributed by atoms with van der Waals surface area (Å²) in [5.74, 6) is -0.440. The molecule has 0 saturated heterocycles. The topological polar surface area (TPSA) is 92.3 Å². The highest BCUT2D eigenvalue weighted by Crippen LogP contribution is 2.20. The Morgan fingerprint density at radius 2 is 1.81 bits per heavy atom. The summed E-state index contributed by atoms with van der Waals surface area (Å²) in [4.78, 5) is 20.8. The fourth-order valence-corrected chi connectivity index (χ4v) is 3.24. The van der Waals surface area contributed by atoms with Crippen LogP contribution in [0.3, 0.4) is 0 Å². The van der Waals surface area contributed by atoms with Crippen molar-refractivity contribution < 1.29 is 13.2 Å². The highest BCUT2D eigenvalue weighted by Gasteiger charge is 2.21. The van der Waals surface area contributed by atoms with Crippen LogP contribution in [0.25, 0.3) is 10.9 Å². The van der Waals surface area contributed by atoms with Crippen molar-refractivity contribution in [1.82, 2.24) is 14.3 Å². The number of benzene rings is 1. The summed E-state index contributed by atoms with van der Waals surface area (Å²) in [6.45, 7) is -0.278. The first kappa shape index (κ1) is 18.0. The number of sulfonamides is 1. The summed E-state index contributed by atoms with van der Waals surface area (Å²) in [6, 6.07) is 14.4. The fourth-order valence-electron chi connectivity index (χ4n) is 2.52. The lowest BCUT2D eigenvalue weighted by atomic mass is 10.2. The van der Waals surface area contributed by atoms with Gasteiger partial charge in [0.15, 0.2) is 0 Å². The number of anilines is 1. The van der Waals surface area contributed by atoms with Gasteiger partial charge in [0.25, 0.3) is 0 Å². The average Bonchev–Trinajstić information content (AvgIpc) is 2.61. The molecule has 0 saturated carbocycles. The molecule has 0 fully saturated rings. The van der Waals surface area contributed by atoms with Gasteiger partial charge in [0.1, 0.15) is 0 Å². The second-order valence-electron chi connectivity index (χ2n) is 5.78. The molecule has 0 unspecified atom stereocenters. The van der Waals surface area contributed by atoms with Crippen molar-refractivity contribution in [1.29, 1.82) is 0 Å². The number of carbonyl (C=O) groups is 1. The first-order valence-corrected chi connectivity index (χ1v) is 9.77. The molecule has 3 rings (SSSR count). The number of pyridine rings is 2. The predicted octanol–water partition coefficient (Wildman–Crippen LogP) is 2.03. The molecule has 0 spiro atoms. The van der Waals surface area contributed by atoms with Gasteiger partial charge in [0.05, 0.1) is 36.2 Å². The van der Waals surface area contributed by atoms with Crippen LogP contribution in [-0.2, 0) is 21.4 Å². The third-order valence-electron chi connectivity index (χ3n) is 3.76. The summed E-state index contributed by atoms with van der Waals surface area (Å²) < 4.78 is 25.2. The molecule has 0 aliphatic heterocycles. The van der Waals surface area contributed by atoms with Crippen LogP contribution in [0.1, 0.15) is 5.69 Å². The Balaban J connectivity index is 1.77. The van der Waals surface area contributed by atoms with Gasteiger partial charge in [-0.3, -0.25) is 14.8 Å². The van der Waals surface area contributed by atoms with E-state index in [9.17, 15) is 13.2 Å². The summed E-state index contributed by atoms with van der Waals surface area (Å²) in [5, 5.41) is 3.63. The molecule has 1 amide bonds. The molecule has 134 valence electrons. The molecule has 26 heavy (non-hydrogen) atoms. The number of nitrogens with one attached hydrogen (secondary N) is 1. The smallest absolute Gasteiger partial charge is 0.239 e. The van der Waals surface area contributed by atoms with E-state index in [4.69, 9.17) is 0 Å². The largest absolute Gasteiger partial charge is 0.323 e. The van der Waals surface area contributed by atoms with Gasteiger partial charge in [-0.25, -0.2) is 8.42 Å². The highest BCUT2D eigenvalue weighted by molar-refractivity contribution is 7.88. The zero-order valence-corrected chi connectivity index (χ0v) is 15.0. The fraction of sp³-hybridized carbons (Fsp3) is 0.167. The van der Waals surface area contributed by atoms with Crippen LogP contribution in [0.15, 0.2) is 60.9 Å². The third-order valence-corrected chi connectivity index (χ3v) is 4.96. The van der Waals surface area contributed by atoms with E-state index in [1.165, 1.54) is 0 Å². The van der Waals surface area contributed by atoms with Crippen molar-refractivity contribution in [3.05, 3.63) is 66.6 Å². The van der Waals surface area contributed by atoms with Gasteiger partial charge in [0.2, 0.25) is 15.9 Å². The summed E-state index contributed by atoms with van der Waals surface area (Å²) in [7, 11) is -3.58. The standard InChI is InChI=1S/C18H18N4O3S/c1-26(24,25)22(12-15-8-2-3-10-19-15)13-17(23)21-16-9-4-6-14-7-5-11-20-18(14)16/h2-11H,12-13H2,1H3,(H,21,23). The normalized spacial score (nSPS) is 11.6. The summed E-state index contributed by atoms with van der Waals surface area (Å²) in [5.41, 5.74) is 1.76. The van der Waals surface area contributed by atoms with Crippen molar-refractivity contribution in [3.8, 4) is 0 Å². The highest BCUT2D eigenvalue weighted by atomic mass is 32.2. The molecular formula is C18H18N4O3S. The Morgan fingerprint density at radius 3 is 2.54 bits per heavy atom. The Kier molecular flexibility index (Phi) is 5.24. The Hall–Kier alpha value is -2.84. The number of carbonyl (C=O) groups excluding carboxylic acids is 1. The van der Waals surface area contributed by atoms with Gasteiger partial charge in [-0.1, -0.05) is 24.3 Å². The molecule has 0 aliphatic rings. The molecule has 3 aromatic rings. The lowest BCUT2D eigenvalue weighted by Gasteiger charge is -2.19. The molecule has 7 nitrogen and oxygen atoms in total. The molecule has 0 atom stereocenters. The van der Waals surface area contributed by atoms with Crippen molar-refractivity contribution in [3.63, 3.8) is 0 Å². The van der Waals surface area contributed by atoms with Crippen LogP contribution in [0.5, 0.6) is 0 Å². The molecule has 1 aromatic carbocycles. The Bertz CT molecular complexity index is 1020. The number of para-hydroxylation sites is 1. The van der Waals surface area contributed by atoms with Gasteiger partial charge in [-0.05, 0) is 24.3 Å². The summed E-state index contributed by atoms with van der Waals surface area (Å²) in [6.07, 6.45) is 4.29. The zero-order chi connectivity index (χ0) is 18.6. The van der Waals surface area contributed by atoms with Crippen molar-refractivity contribution in [2.75, 3.05) is 18.1 Å². The van der Waals surface area contributed by atoms with Gasteiger partial charge in [-0.2, -0.15) is 4.31 Å². The summed E-state index contributed by atoms with van der Waals surface area (Å²) >= 11 is 0. The number of amides is 1. The maximum Gasteiger partial charge on any atom is 0.239 e. The molecule has 0 bridgehead atoms. The van der Waals surface area contributed by atoms with Crippen LogP contribution >= 0.6 is 0 Å². The quantitative estimate of drug-likeness (QED) is 0.717. The zero-order valence-electron chi connectivity index (χ0n) is 14.2. The van der Waals surface area contributed by atoms with E-state index in [0.717, 1.165) is 15.9 Å². The number of fused-ring (bicyclic) bond motifs is 1. The number of hydrogen-bond donors (Lipinski definition) is 1. The molecule has 2 heterocycles. The van der Waals surface area contributed by atoms with E-state index in [1.54, 1.807) is 36.7 Å². The van der Waals surface area contributed by atoms with Crippen LogP contribution in [0, 0.1) is 0 Å². The SMILES string of the molecule is CS(=O)(=O)N(CC(=O)Nc1cccc2cccnc12)Cc1ccccn1. The van der Waals surface area contributed by atoms with E-state index in [-0.39, 0.29) is 13.1 Å². The predicted molar refractivity (Wildman–Crippen MR) is 99.9 cm³/mol. The minimum atomic E-state index is -3.58. The number of hydrogen-bond acceptors (Lipinski definition) is 5. The second-order valence-corrected chi connectivity index (χ2v) is 7.76. The number of nitrogens with zero attached hydrogens (tertiary/aromatic N) is 3. The molecule has 0 aliphatic carbocycles. The van der Waals surface area contributed by atoms with E-state index in [2.05, 4.69) is 15.3 Å². The van der Waals surface area contributed by atoms with Crippen molar-refractivity contribution in [2.45, 2.75) is 6.54 Å². The van der Waals surface area contributed by atoms with Gasteiger partial charge in [0, 0.05) is 17.8 Å². The monoisotopic (exact) mass is 370 g/mol. The van der Waals surface area contributed by atoms with E-state index in [0.29, 0.717) is 16.9 Å². The van der Waals surface area contributed by atoms with Gasteiger partial charge in [-0.15, -0.1) is 0 Å². The van der Waals surface area contributed by atoms with Crippen LogP contribution in [0.4, 0.5) is 5.69 Å². The minimum Gasteiger partial charge on any atom is -0.323 e. The van der Waals surface area contributed by atoms with E-state index < -0.39 is 15.9 Å². The lowest BCUT2D eigenvalue weighted by molar-refractivity contribution is -0.116.